The molecule has 2 rings (SSSR count). The van der Waals surface area contributed by atoms with Crippen molar-refractivity contribution in [3.63, 3.8) is 0 Å². The van der Waals surface area contributed by atoms with E-state index in [1.807, 2.05) is 19.9 Å². The Labute approximate surface area is 83.8 Å². The summed E-state index contributed by atoms with van der Waals surface area (Å²) in [6, 6.07) is 4.72. The van der Waals surface area contributed by atoms with Gasteiger partial charge < -0.3 is 5.32 Å². The number of nitrogens with one attached hydrogen (secondary N) is 1. The van der Waals surface area contributed by atoms with Gasteiger partial charge in [0.2, 0.25) is 0 Å². The number of rotatable bonds is 2. The number of pyridine rings is 1. The molecule has 3 heteroatoms. The quantitative estimate of drug-likeness (QED) is 0.771. The molecule has 0 atom stereocenters. The van der Waals surface area contributed by atoms with Crippen molar-refractivity contribution in [2.24, 2.45) is 0 Å². The smallest absolute Gasteiger partial charge is 0.103 e. The second-order valence-corrected chi connectivity index (χ2v) is 3.80. The normalized spacial score (nSPS) is 14.9. The molecule has 0 saturated heterocycles. The Morgan fingerprint density at radius 2 is 2.21 bits per heavy atom. The molecule has 0 radical (unpaired) electrons. The molecule has 1 saturated carbocycles. The van der Waals surface area contributed by atoms with Gasteiger partial charge in [0.15, 0.2) is 0 Å². The summed E-state index contributed by atoms with van der Waals surface area (Å²) in [4.78, 5) is 4.27. The Kier molecular flexibility index (Phi) is 2.12. The predicted octanol–water partition coefficient (Wildman–Crippen LogP) is 2.14. The van der Waals surface area contributed by atoms with E-state index in [0.29, 0.717) is 11.6 Å². The van der Waals surface area contributed by atoms with Gasteiger partial charge in [-0.25, -0.2) is 0 Å². The number of hydrogen-bond acceptors (Lipinski definition) is 3. The van der Waals surface area contributed by atoms with Crippen molar-refractivity contribution in [1.29, 1.82) is 5.26 Å². The van der Waals surface area contributed by atoms with E-state index in [1.165, 1.54) is 12.8 Å². The van der Waals surface area contributed by atoms with Gasteiger partial charge in [0.25, 0.3) is 0 Å². The molecule has 0 aliphatic heterocycles. The first-order chi connectivity index (χ1) is 6.70. The van der Waals surface area contributed by atoms with Crippen LogP contribution in [0.15, 0.2) is 6.07 Å². The van der Waals surface area contributed by atoms with Crippen LogP contribution in [0.2, 0.25) is 0 Å². The minimum absolute atomic E-state index is 0.572. The van der Waals surface area contributed by atoms with E-state index in [2.05, 4.69) is 16.4 Å². The summed E-state index contributed by atoms with van der Waals surface area (Å²) in [5, 5.41) is 12.3. The molecule has 3 nitrogen and oxygen atoms in total. The number of aryl methyl sites for hydroxylation is 2. The summed E-state index contributed by atoms with van der Waals surface area (Å²) >= 11 is 0. The molecular weight excluding hydrogens is 174 g/mol. The van der Waals surface area contributed by atoms with Crippen LogP contribution in [-0.2, 0) is 0 Å². The van der Waals surface area contributed by atoms with E-state index in [-0.39, 0.29) is 0 Å². The molecule has 1 aromatic heterocycles. The summed E-state index contributed by atoms with van der Waals surface area (Å²) in [5.74, 6) is 0. The Balaban J connectivity index is 2.39. The molecule has 72 valence electrons. The number of hydrogen-bond donors (Lipinski definition) is 1. The summed E-state index contributed by atoms with van der Waals surface area (Å²) < 4.78 is 0. The molecule has 0 spiro atoms. The SMILES string of the molecule is Cc1cc(NC2CC2)c(C#N)c(C)n1. The van der Waals surface area contributed by atoms with E-state index in [0.717, 1.165) is 17.1 Å². The van der Waals surface area contributed by atoms with E-state index in [4.69, 9.17) is 5.26 Å². The third-order valence-corrected chi connectivity index (χ3v) is 2.38. The molecule has 0 aromatic carbocycles. The predicted molar refractivity (Wildman–Crippen MR) is 55.1 cm³/mol. The molecule has 1 aliphatic rings. The maximum atomic E-state index is 8.99. The van der Waals surface area contributed by atoms with E-state index >= 15 is 0 Å². The zero-order chi connectivity index (χ0) is 10.1. The number of nitrogens with zero attached hydrogens (tertiary/aromatic N) is 2. The molecule has 0 bridgehead atoms. The molecule has 1 heterocycles. The highest BCUT2D eigenvalue weighted by Crippen LogP contribution is 2.27. The first-order valence-corrected chi connectivity index (χ1v) is 4.85. The zero-order valence-corrected chi connectivity index (χ0v) is 8.46. The van der Waals surface area contributed by atoms with E-state index in [1.54, 1.807) is 0 Å². The fourth-order valence-corrected chi connectivity index (χ4v) is 1.53. The monoisotopic (exact) mass is 187 g/mol. The van der Waals surface area contributed by atoms with Crippen LogP contribution in [-0.4, -0.2) is 11.0 Å². The van der Waals surface area contributed by atoms with Crippen molar-refractivity contribution in [2.75, 3.05) is 5.32 Å². The molecule has 14 heavy (non-hydrogen) atoms. The van der Waals surface area contributed by atoms with Gasteiger partial charge in [0.1, 0.15) is 6.07 Å². The lowest BCUT2D eigenvalue weighted by Gasteiger charge is -2.09. The van der Waals surface area contributed by atoms with Gasteiger partial charge in [-0.3, -0.25) is 4.98 Å². The summed E-state index contributed by atoms with van der Waals surface area (Å²) in [6.45, 7) is 3.83. The zero-order valence-electron chi connectivity index (χ0n) is 8.46. The standard InChI is InChI=1S/C11H13N3/c1-7-5-11(14-9-3-4-9)10(6-12)8(2)13-7/h5,9H,3-4H2,1-2H3,(H,13,14). The lowest BCUT2D eigenvalue weighted by molar-refractivity contribution is 1.08. The van der Waals surface area contributed by atoms with E-state index < -0.39 is 0 Å². The molecule has 1 fully saturated rings. The van der Waals surface area contributed by atoms with Crippen LogP contribution in [0.25, 0.3) is 0 Å². The van der Waals surface area contributed by atoms with Gasteiger partial charge in [-0.05, 0) is 32.8 Å². The van der Waals surface area contributed by atoms with Crippen LogP contribution in [0.1, 0.15) is 29.8 Å². The van der Waals surface area contributed by atoms with Crippen molar-refractivity contribution in [2.45, 2.75) is 32.7 Å². The number of anilines is 1. The van der Waals surface area contributed by atoms with Gasteiger partial charge >= 0.3 is 0 Å². The third kappa shape index (κ3) is 1.69. The van der Waals surface area contributed by atoms with Gasteiger partial charge in [-0.15, -0.1) is 0 Å². The lowest BCUT2D eigenvalue weighted by Crippen LogP contribution is -2.05. The first-order valence-electron chi connectivity index (χ1n) is 4.85. The average molecular weight is 187 g/mol. The second kappa shape index (κ2) is 3.30. The van der Waals surface area contributed by atoms with Gasteiger partial charge in [0.05, 0.1) is 16.9 Å². The van der Waals surface area contributed by atoms with Crippen LogP contribution in [0, 0.1) is 25.2 Å². The fraction of sp³-hybridized carbons (Fsp3) is 0.455. The van der Waals surface area contributed by atoms with Gasteiger partial charge in [0, 0.05) is 11.7 Å². The average Bonchev–Trinajstić information content (AvgIpc) is 2.87. The highest BCUT2D eigenvalue weighted by Gasteiger charge is 2.22. The van der Waals surface area contributed by atoms with Crippen molar-refractivity contribution in [3.05, 3.63) is 23.0 Å². The molecule has 0 amide bonds. The highest BCUT2D eigenvalue weighted by molar-refractivity contribution is 5.60. The first kappa shape index (κ1) is 9.01. The van der Waals surface area contributed by atoms with Crippen molar-refractivity contribution < 1.29 is 0 Å². The topological polar surface area (TPSA) is 48.7 Å². The number of aromatic nitrogens is 1. The molecule has 1 aromatic rings. The number of nitriles is 1. The Bertz CT molecular complexity index is 400. The molecule has 0 unspecified atom stereocenters. The van der Waals surface area contributed by atoms with Crippen LogP contribution >= 0.6 is 0 Å². The summed E-state index contributed by atoms with van der Waals surface area (Å²) in [5.41, 5.74) is 3.41. The molecular formula is C11H13N3. The van der Waals surface area contributed by atoms with Crippen LogP contribution in [0.3, 0.4) is 0 Å². The van der Waals surface area contributed by atoms with E-state index in [9.17, 15) is 0 Å². The Morgan fingerprint density at radius 1 is 1.50 bits per heavy atom. The molecule has 1 N–H and O–H groups in total. The summed E-state index contributed by atoms with van der Waals surface area (Å²) in [7, 11) is 0. The lowest BCUT2D eigenvalue weighted by atomic mass is 10.1. The Hall–Kier alpha value is -1.56. The van der Waals surface area contributed by atoms with Crippen molar-refractivity contribution >= 4 is 5.69 Å². The fourth-order valence-electron chi connectivity index (χ4n) is 1.53. The van der Waals surface area contributed by atoms with Crippen LogP contribution < -0.4 is 5.32 Å². The largest absolute Gasteiger partial charge is 0.381 e. The highest BCUT2D eigenvalue weighted by atomic mass is 15.0. The minimum Gasteiger partial charge on any atom is -0.381 e. The van der Waals surface area contributed by atoms with Crippen molar-refractivity contribution in [1.82, 2.24) is 4.98 Å². The third-order valence-electron chi connectivity index (χ3n) is 2.38. The van der Waals surface area contributed by atoms with Crippen LogP contribution in [0.5, 0.6) is 0 Å². The van der Waals surface area contributed by atoms with Crippen molar-refractivity contribution in [3.8, 4) is 6.07 Å². The minimum atomic E-state index is 0.572. The Morgan fingerprint density at radius 3 is 2.79 bits per heavy atom. The van der Waals surface area contributed by atoms with Gasteiger partial charge in [-0.1, -0.05) is 0 Å². The molecule has 1 aliphatic carbocycles. The van der Waals surface area contributed by atoms with Gasteiger partial charge in [-0.2, -0.15) is 5.26 Å². The maximum Gasteiger partial charge on any atom is 0.103 e. The van der Waals surface area contributed by atoms with Crippen LogP contribution in [0.4, 0.5) is 5.69 Å². The summed E-state index contributed by atoms with van der Waals surface area (Å²) in [6.07, 6.45) is 2.43. The maximum absolute atomic E-state index is 8.99. The second-order valence-electron chi connectivity index (χ2n) is 3.80.